The Kier molecular flexibility index (Phi) is 5.04. The van der Waals surface area contributed by atoms with Crippen LogP contribution in [0.3, 0.4) is 0 Å². The molecule has 0 saturated carbocycles. The lowest BCUT2D eigenvalue weighted by molar-refractivity contribution is -0.133. The second-order valence-electron chi connectivity index (χ2n) is 4.99. The fraction of sp³-hybridized carbons (Fsp3) is 0.375. The zero-order valence-corrected chi connectivity index (χ0v) is 12.6. The van der Waals surface area contributed by atoms with Crippen LogP contribution in [0.2, 0.25) is 0 Å². The number of carbonyl (C=O) groups excluding carboxylic acids is 1. The van der Waals surface area contributed by atoms with E-state index in [1.165, 1.54) is 7.11 Å². The fourth-order valence-corrected chi connectivity index (χ4v) is 2.49. The van der Waals surface area contributed by atoms with E-state index in [9.17, 15) is 14.7 Å². The predicted octanol–water partition coefficient (Wildman–Crippen LogP) is 2.60. The molecule has 0 saturated heterocycles. The Morgan fingerprint density at radius 3 is 2.36 bits per heavy atom. The van der Waals surface area contributed by atoms with E-state index >= 15 is 0 Å². The topological polar surface area (TPSA) is 84.9 Å². The summed E-state index contributed by atoms with van der Waals surface area (Å²) in [6, 6.07) is 5.02. The summed E-state index contributed by atoms with van der Waals surface area (Å²) in [6.07, 6.45) is 2.52. The number of amides is 1. The molecule has 0 radical (unpaired) electrons. The predicted molar refractivity (Wildman–Crippen MR) is 81.3 cm³/mol. The maximum Gasteiger partial charge on any atom is 0.332 e. The van der Waals surface area contributed by atoms with E-state index in [-0.39, 0.29) is 11.5 Å². The fourth-order valence-electron chi connectivity index (χ4n) is 2.49. The summed E-state index contributed by atoms with van der Waals surface area (Å²) >= 11 is 0. The Balaban J connectivity index is 2.26. The molecule has 0 fully saturated rings. The number of hydrogen-bond donors (Lipinski definition) is 2. The number of carbonyl (C=O) groups is 2. The maximum atomic E-state index is 12.4. The number of aliphatic carboxylic acids is 1. The first-order chi connectivity index (χ1) is 10.6. The SMILES string of the molecule is COc1ccc(NC(=O)C2=C(C(=O)O)CCCC2)c(OC)c1. The highest BCUT2D eigenvalue weighted by Gasteiger charge is 2.24. The van der Waals surface area contributed by atoms with Crippen LogP contribution in [0.1, 0.15) is 25.7 Å². The van der Waals surface area contributed by atoms with Crippen LogP contribution < -0.4 is 14.8 Å². The van der Waals surface area contributed by atoms with Crippen molar-refractivity contribution in [2.75, 3.05) is 19.5 Å². The summed E-state index contributed by atoms with van der Waals surface area (Å²) in [7, 11) is 3.03. The van der Waals surface area contributed by atoms with Gasteiger partial charge < -0.3 is 19.9 Å². The molecule has 2 rings (SSSR count). The maximum absolute atomic E-state index is 12.4. The van der Waals surface area contributed by atoms with Gasteiger partial charge >= 0.3 is 5.97 Å². The number of benzene rings is 1. The zero-order valence-electron chi connectivity index (χ0n) is 12.6. The standard InChI is InChI=1S/C16H19NO5/c1-21-10-7-8-13(14(9-10)22-2)17-15(18)11-5-3-4-6-12(11)16(19)20/h7-9H,3-6H2,1-2H3,(H,17,18)(H,19,20). The Labute approximate surface area is 128 Å². The monoisotopic (exact) mass is 305 g/mol. The molecule has 1 aromatic carbocycles. The van der Waals surface area contributed by atoms with Crippen LogP contribution in [-0.4, -0.2) is 31.2 Å². The molecule has 0 heterocycles. The van der Waals surface area contributed by atoms with Crippen molar-refractivity contribution < 1.29 is 24.2 Å². The third kappa shape index (κ3) is 3.39. The van der Waals surface area contributed by atoms with Crippen molar-refractivity contribution in [3.8, 4) is 11.5 Å². The van der Waals surface area contributed by atoms with Gasteiger partial charge in [0.1, 0.15) is 11.5 Å². The third-order valence-electron chi connectivity index (χ3n) is 3.66. The molecule has 0 spiro atoms. The van der Waals surface area contributed by atoms with Gasteiger partial charge in [-0.05, 0) is 37.8 Å². The molecule has 2 N–H and O–H groups in total. The molecular weight excluding hydrogens is 286 g/mol. The summed E-state index contributed by atoms with van der Waals surface area (Å²) in [5, 5.41) is 11.9. The number of anilines is 1. The number of rotatable bonds is 5. The minimum absolute atomic E-state index is 0.205. The minimum Gasteiger partial charge on any atom is -0.497 e. The molecule has 6 heteroatoms. The molecule has 0 bridgehead atoms. The Hall–Kier alpha value is -2.50. The number of carboxylic acids is 1. The van der Waals surface area contributed by atoms with E-state index in [2.05, 4.69) is 5.32 Å². The summed E-state index contributed by atoms with van der Waals surface area (Å²) < 4.78 is 10.3. The summed E-state index contributed by atoms with van der Waals surface area (Å²) in [5.41, 5.74) is 1.03. The minimum atomic E-state index is -1.02. The van der Waals surface area contributed by atoms with E-state index in [0.29, 0.717) is 35.6 Å². The van der Waals surface area contributed by atoms with E-state index < -0.39 is 5.97 Å². The lowest BCUT2D eigenvalue weighted by Gasteiger charge is -2.18. The smallest absolute Gasteiger partial charge is 0.332 e. The van der Waals surface area contributed by atoms with Gasteiger partial charge in [0.2, 0.25) is 0 Å². The van der Waals surface area contributed by atoms with Gasteiger partial charge in [0.05, 0.1) is 19.9 Å². The van der Waals surface area contributed by atoms with Gasteiger partial charge in [-0.25, -0.2) is 4.79 Å². The molecule has 6 nitrogen and oxygen atoms in total. The molecule has 1 amide bonds. The van der Waals surface area contributed by atoms with Crippen molar-refractivity contribution >= 4 is 17.6 Å². The molecule has 1 aromatic rings. The largest absolute Gasteiger partial charge is 0.497 e. The highest BCUT2D eigenvalue weighted by atomic mass is 16.5. The molecule has 118 valence electrons. The third-order valence-corrected chi connectivity index (χ3v) is 3.66. The van der Waals surface area contributed by atoms with Crippen LogP contribution in [0.4, 0.5) is 5.69 Å². The van der Waals surface area contributed by atoms with Gasteiger partial charge in [0.15, 0.2) is 0 Å². The first kappa shape index (κ1) is 15.9. The summed E-state index contributed by atoms with van der Waals surface area (Å²) in [6.45, 7) is 0. The molecule has 0 unspecified atom stereocenters. The molecule has 1 aliphatic rings. The lowest BCUT2D eigenvalue weighted by Crippen LogP contribution is -2.21. The molecule has 0 aliphatic heterocycles. The average Bonchev–Trinajstić information content (AvgIpc) is 2.55. The van der Waals surface area contributed by atoms with Crippen LogP contribution in [0.15, 0.2) is 29.3 Å². The Morgan fingerprint density at radius 1 is 1.09 bits per heavy atom. The van der Waals surface area contributed by atoms with Crippen LogP contribution >= 0.6 is 0 Å². The first-order valence-corrected chi connectivity index (χ1v) is 7.05. The van der Waals surface area contributed by atoms with Gasteiger partial charge in [-0.2, -0.15) is 0 Å². The van der Waals surface area contributed by atoms with E-state index in [1.54, 1.807) is 25.3 Å². The average molecular weight is 305 g/mol. The van der Waals surface area contributed by atoms with Crippen LogP contribution in [0.5, 0.6) is 11.5 Å². The number of nitrogens with one attached hydrogen (secondary N) is 1. The van der Waals surface area contributed by atoms with Crippen molar-refractivity contribution in [2.24, 2.45) is 0 Å². The van der Waals surface area contributed by atoms with Crippen molar-refractivity contribution in [3.63, 3.8) is 0 Å². The van der Waals surface area contributed by atoms with Crippen LogP contribution in [-0.2, 0) is 9.59 Å². The number of hydrogen-bond acceptors (Lipinski definition) is 4. The number of carboxylic acid groups (broad SMARTS) is 1. The van der Waals surface area contributed by atoms with Crippen molar-refractivity contribution in [1.82, 2.24) is 0 Å². The van der Waals surface area contributed by atoms with Gasteiger partial charge in [-0.1, -0.05) is 0 Å². The van der Waals surface area contributed by atoms with Crippen molar-refractivity contribution in [2.45, 2.75) is 25.7 Å². The number of ether oxygens (including phenoxy) is 2. The lowest BCUT2D eigenvalue weighted by atomic mass is 9.91. The van der Waals surface area contributed by atoms with Crippen LogP contribution in [0, 0.1) is 0 Å². The first-order valence-electron chi connectivity index (χ1n) is 7.05. The number of methoxy groups -OCH3 is 2. The molecular formula is C16H19NO5. The van der Waals surface area contributed by atoms with Gasteiger partial charge in [-0.15, -0.1) is 0 Å². The molecule has 0 atom stereocenters. The zero-order chi connectivity index (χ0) is 16.1. The van der Waals surface area contributed by atoms with E-state index in [4.69, 9.17) is 9.47 Å². The Bertz CT molecular complexity index is 621. The molecule has 1 aliphatic carbocycles. The van der Waals surface area contributed by atoms with Crippen molar-refractivity contribution in [3.05, 3.63) is 29.3 Å². The van der Waals surface area contributed by atoms with E-state index in [0.717, 1.165) is 12.8 Å². The summed E-state index contributed by atoms with van der Waals surface area (Å²) in [5.74, 6) is -0.342. The second-order valence-corrected chi connectivity index (χ2v) is 4.99. The van der Waals surface area contributed by atoms with Crippen molar-refractivity contribution in [1.29, 1.82) is 0 Å². The second kappa shape index (κ2) is 6.98. The van der Waals surface area contributed by atoms with Gasteiger partial charge in [0.25, 0.3) is 5.91 Å². The molecule has 22 heavy (non-hydrogen) atoms. The quantitative estimate of drug-likeness (QED) is 0.873. The highest BCUT2D eigenvalue weighted by Crippen LogP contribution is 2.31. The van der Waals surface area contributed by atoms with Gasteiger partial charge in [0, 0.05) is 17.2 Å². The van der Waals surface area contributed by atoms with Crippen LogP contribution in [0.25, 0.3) is 0 Å². The Morgan fingerprint density at radius 2 is 1.77 bits per heavy atom. The summed E-state index contributed by atoms with van der Waals surface area (Å²) in [4.78, 5) is 23.6. The molecule has 0 aromatic heterocycles. The highest BCUT2D eigenvalue weighted by molar-refractivity contribution is 6.09. The van der Waals surface area contributed by atoms with E-state index in [1.807, 2.05) is 0 Å². The van der Waals surface area contributed by atoms with Gasteiger partial charge in [-0.3, -0.25) is 4.79 Å². The normalized spacial score (nSPS) is 14.5.